The lowest BCUT2D eigenvalue weighted by molar-refractivity contribution is 0.629. The molecule has 1 heterocycles. The van der Waals surface area contributed by atoms with E-state index in [9.17, 15) is 0 Å². The van der Waals surface area contributed by atoms with Gasteiger partial charge in [0.15, 0.2) is 0 Å². The van der Waals surface area contributed by atoms with Crippen LogP contribution in [0.4, 0.5) is 17.1 Å². The highest BCUT2D eigenvalue weighted by atomic mass is 16.3. The summed E-state index contributed by atoms with van der Waals surface area (Å²) in [5.41, 5.74) is 11.2. The lowest BCUT2D eigenvalue weighted by Gasteiger charge is -2.26. The predicted octanol–water partition coefficient (Wildman–Crippen LogP) is 12.4. The van der Waals surface area contributed by atoms with E-state index in [0.29, 0.717) is 0 Å². The molecule has 0 spiro atoms. The molecule has 8 rings (SSSR count). The second-order valence-electron chi connectivity index (χ2n) is 11.5. The van der Waals surface area contributed by atoms with Crippen molar-refractivity contribution in [2.75, 3.05) is 4.90 Å². The molecule has 0 aliphatic carbocycles. The summed E-state index contributed by atoms with van der Waals surface area (Å²) in [5.74, 6) is 0.928. The third kappa shape index (κ3) is 5.07. The number of anilines is 3. The highest BCUT2D eigenvalue weighted by molar-refractivity contribution is 5.89. The Morgan fingerprint density at radius 2 is 0.956 bits per heavy atom. The minimum Gasteiger partial charge on any atom is -0.456 e. The molecule has 0 saturated heterocycles. The maximum atomic E-state index is 6.27. The van der Waals surface area contributed by atoms with E-state index < -0.39 is 0 Å². The average Bonchev–Trinajstić information content (AvgIpc) is 3.45. The maximum absolute atomic E-state index is 6.27. The second-order valence-corrected chi connectivity index (χ2v) is 11.5. The molecule has 0 fully saturated rings. The van der Waals surface area contributed by atoms with E-state index >= 15 is 0 Å². The highest BCUT2D eigenvalue weighted by Crippen LogP contribution is 2.38. The molecule has 1 aromatic heterocycles. The Labute approximate surface area is 263 Å². The van der Waals surface area contributed by atoms with Gasteiger partial charge < -0.3 is 9.32 Å². The summed E-state index contributed by atoms with van der Waals surface area (Å²) < 4.78 is 6.27. The summed E-state index contributed by atoms with van der Waals surface area (Å²) in [6, 6.07) is 60.3. The summed E-state index contributed by atoms with van der Waals surface area (Å²) >= 11 is 0. The van der Waals surface area contributed by atoms with Crippen molar-refractivity contribution >= 4 is 38.8 Å². The summed E-state index contributed by atoms with van der Waals surface area (Å²) in [7, 11) is 0. The average molecular weight is 578 g/mol. The van der Waals surface area contributed by atoms with Crippen molar-refractivity contribution in [3.05, 3.63) is 175 Å². The van der Waals surface area contributed by atoms with Crippen molar-refractivity contribution in [1.29, 1.82) is 0 Å². The number of nitrogens with zero attached hydrogens (tertiary/aromatic N) is 1. The van der Waals surface area contributed by atoms with Gasteiger partial charge in [0.2, 0.25) is 0 Å². The molecule has 7 aromatic carbocycles. The van der Waals surface area contributed by atoms with Crippen LogP contribution in [0.2, 0.25) is 0 Å². The van der Waals surface area contributed by atoms with E-state index in [4.69, 9.17) is 4.42 Å². The van der Waals surface area contributed by atoms with E-state index in [1.165, 1.54) is 27.5 Å². The molecule has 0 radical (unpaired) electrons. The molecule has 0 N–H and O–H groups in total. The van der Waals surface area contributed by atoms with E-state index in [0.717, 1.165) is 50.5 Å². The van der Waals surface area contributed by atoms with Crippen LogP contribution < -0.4 is 4.90 Å². The Hall–Kier alpha value is -5.86. The summed E-state index contributed by atoms with van der Waals surface area (Å²) in [6.45, 7) is 2.13. The highest BCUT2D eigenvalue weighted by Gasteiger charge is 2.15. The molecule has 0 aliphatic rings. The zero-order chi connectivity index (χ0) is 30.2. The van der Waals surface area contributed by atoms with Gasteiger partial charge in [-0.1, -0.05) is 115 Å². The van der Waals surface area contributed by atoms with Crippen molar-refractivity contribution in [3.63, 3.8) is 0 Å². The summed E-state index contributed by atoms with van der Waals surface area (Å²) in [6.07, 6.45) is 0. The van der Waals surface area contributed by atoms with Crippen LogP contribution in [0, 0.1) is 6.92 Å². The zero-order valence-corrected chi connectivity index (χ0v) is 25.0. The molecular formula is C43H31NO. The van der Waals surface area contributed by atoms with E-state index in [1.807, 2.05) is 12.1 Å². The van der Waals surface area contributed by atoms with Crippen molar-refractivity contribution in [2.24, 2.45) is 0 Å². The smallest absolute Gasteiger partial charge is 0.138 e. The van der Waals surface area contributed by atoms with Crippen LogP contribution in [0.15, 0.2) is 174 Å². The van der Waals surface area contributed by atoms with Crippen LogP contribution in [0.5, 0.6) is 0 Å². The SMILES string of the molecule is Cc1c(-c2cccc(-c3ccc(N(c4ccccc4)c4ccc(-c5ccc6ccccc6c5)cc4)cc3)c2)oc2ccccc12. The Morgan fingerprint density at radius 1 is 0.400 bits per heavy atom. The third-order valence-electron chi connectivity index (χ3n) is 8.65. The Balaban J connectivity index is 1.12. The van der Waals surface area contributed by atoms with Gasteiger partial charge in [0.1, 0.15) is 11.3 Å². The fourth-order valence-corrected chi connectivity index (χ4v) is 6.29. The molecule has 214 valence electrons. The molecule has 0 unspecified atom stereocenters. The standard InChI is InChI=1S/C43H31NO/c1-30-41-16-7-8-17-42(41)45-43(30)37-13-9-12-35(29-37)32-20-24-39(25-21-32)44(38-14-3-2-4-15-38)40-26-22-33(23-27-40)36-19-18-31-10-5-6-11-34(31)28-36/h2-29H,1H3. The molecule has 45 heavy (non-hydrogen) atoms. The van der Waals surface area contributed by atoms with Gasteiger partial charge in [-0.2, -0.15) is 0 Å². The Kier molecular flexibility index (Phi) is 6.73. The molecule has 2 heteroatoms. The molecule has 0 saturated carbocycles. The number of fused-ring (bicyclic) bond motifs is 2. The van der Waals surface area contributed by atoms with E-state index in [-0.39, 0.29) is 0 Å². The van der Waals surface area contributed by atoms with Crippen molar-refractivity contribution in [3.8, 4) is 33.6 Å². The van der Waals surface area contributed by atoms with Gasteiger partial charge in [-0.3, -0.25) is 0 Å². The Bertz CT molecular complexity index is 2260. The van der Waals surface area contributed by atoms with Crippen LogP contribution >= 0.6 is 0 Å². The van der Waals surface area contributed by atoms with Crippen molar-refractivity contribution < 1.29 is 4.42 Å². The summed E-state index contributed by atoms with van der Waals surface area (Å²) in [5, 5.41) is 3.67. The number of para-hydroxylation sites is 2. The first-order valence-electron chi connectivity index (χ1n) is 15.3. The first-order chi connectivity index (χ1) is 22.2. The van der Waals surface area contributed by atoms with E-state index in [2.05, 4.69) is 170 Å². The topological polar surface area (TPSA) is 16.4 Å². The van der Waals surface area contributed by atoms with Crippen LogP contribution in [0.1, 0.15) is 5.56 Å². The lowest BCUT2D eigenvalue weighted by Crippen LogP contribution is -2.09. The molecule has 0 amide bonds. The Morgan fingerprint density at radius 3 is 1.67 bits per heavy atom. The fourth-order valence-electron chi connectivity index (χ4n) is 6.29. The molecule has 0 bridgehead atoms. The van der Waals surface area contributed by atoms with Gasteiger partial charge in [-0.15, -0.1) is 0 Å². The predicted molar refractivity (Wildman–Crippen MR) is 189 cm³/mol. The number of hydrogen-bond acceptors (Lipinski definition) is 2. The lowest BCUT2D eigenvalue weighted by atomic mass is 9.99. The van der Waals surface area contributed by atoms with Gasteiger partial charge in [0, 0.05) is 33.6 Å². The number of benzene rings is 7. The quantitative estimate of drug-likeness (QED) is 0.195. The van der Waals surface area contributed by atoms with Crippen molar-refractivity contribution in [1.82, 2.24) is 0 Å². The number of aryl methyl sites for hydroxylation is 1. The first-order valence-corrected chi connectivity index (χ1v) is 15.3. The van der Waals surface area contributed by atoms with Crippen LogP contribution in [0.25, 0.3) is 55.3 Å². The minimum absolute atomic E-state index is 0.922. The normalized spacial score (nSPS) is 11.2. The van der Waals surface area contributed by atoms with E-state index in [1.54, 1.807) is 0 Å². The van der Waals surface area contributed by atoms with Gasteiger partial charge in [-0.05, 0) is 94.5 Å². The van der Waals surface area contributed by atoms with Gasteiger partial charge >= 0.3 is 0 Å². The number of hydrogen-bond donors (Lipinski definition) is 0. The van der Waals surface area contributed by atoms with Gasteiger partial charge in [0.05, 0.1) is 0 Å². The second kappa shape index (κ2) is 11.3. The monoisotopic (exact) mass is 577 g/mol. The molecule has 0 atom stereocenters. The number of furan rings is 1. The van der Waals surface area contributed by atoms with Crippen LogP contribution in [-0.2, 0) is 0 Å². The van der Waals surface area contributed by atoms with Gasteiger partial charge in [0.25, 0.3) is 0 Å². The third-order valence-corrected chi connectivity index (χ3v) is 8.65. The maximum Gasteiger partial charge on any atom is 0.138 e. The van der Waals surface area contributed by atoms with Gasteiger partial charge in [-0.25, -0.2) is 0 Å². The molecule has 8 aromatic rings. The van der Waals surface area contributed by atoms with Crippen LogP contribution in [-0.4, -0.2) is 0 Å². The largest absolute Gasteiger partial charge is 0.456 e. The minimum atomic E-state index is 0.922. The first kappa shape index (κ1) is 26.7. The molecular weight excluding hydrogens is 546 g/mol. The number of rotatable bonds is 6. The summed E-state index contributed by atoms with van der Waals surface area (Å²) in [4.78, 5) is 2.31. The fraction of sp³-hybridized carbons (Fsp3) is 0.0233. The van der Waals surface area contributed by atoms with Crippen molar-refractivity contribution in [2.45, 2.75) is 6.92 Å². The molecule has 0 aliphatic heterocycles. The van der Waals surface area contributed by atoms with Crippen LogP contribution in [0.3, 0.4) is 0 Å². The zero-order valence-electron chi connectivity index (χ0n) is 25.0. The molecule has 2 nitrogen and oxygen atoms in total.